The van der Waals surface area contributed by atoms with Crippen molar-refractivity contribution in [3.05, 3.63) is 92.4 Å². The number of aryl methyl sites for hydroxylation is 1. The largest absolute Gasteiger partial charge is 0.352 e. The Morgan fingerprint density at radius 3 is 2.12 bits per heavy atom. The molecule has 220 valence electrons. The van der Waals surface area contributed by atoms with Gasteiger partial charge in [0.15, 0.2) is 0 Å². The van der Waals surface area contributed by atoms with E-state index in [-0.39, 0.29) is 29.8 Å². The quantitative estimate of drug-likeness (QED) is 0.223. The first-order valence-corrected chi connectivity index (χ1v) is 16.3. The molecule has 0 aliphatic rings. The summed E-state index contributed by atoms with van der Waals surface area (Å²) in [5.74, 6) is -0.920. The van der Waals surface area contributed by atoms with E-state index in [1.54, 1.807) is 61.5 Å². The number of sulfonamides is 1. The van der Waals surface area contributed by atoms with Gasteiger partial charge in [-0.3, -0.25) is 13.9 Å². The van der Waals surface area contributed by atoms with Gasteiger partial charge in [-0.2, -0.15) is 0 Å². The van der Waals surface area contributed by atoms with Crippen molar-refractivity contribution in [3.63, 3.8) is 0 Å². The summed E-state index contributed by atoms with van der Waals surface area (Å²) in [5.41, 5.74) is 1.66. The zero-order valence-corrected chi connectivity index (χ0v) is 27.3. The van der Waals surface area contributed by atoms with E-state index in [4.69, 9.17) is 23.2 Å². The van der Waals surface area contributed by atoms with Gasteiger partial charge in [0, 0.05) is 32.7 Å². The van der Waals surface area contributed by atoms with Crippen molar-refractivity contribution in [2.45, 2.75) is 64.1 Å². The molecule has 0 aliphatic carbocycles. The second kappa shape index (κ2) is 14.5. The van der Waals surface area contributed by atoms with E-state index < -0.39 is 28.5 Å². The van der Waals surface area contributed by atoms with Crippen molar-refractivity contribution < 1.29 is 18.0 Å². The lowest BCUT2D eigenvalue weighted by Gasteiger charge is -2.34. The van der Waals surface area contributed by atoms with E-state index in [0.29, 0.717) is 32.2 Å². The lowest BCUT2D eigenvalue weighted by Crippen LogP contribution is -2.53. The molecule has 2 amide bonds. The van der Waals surface area contributed by atoms with Gasteiger partial charge < -0.3 is 10.2 Å². The lowest BCUT2D eigenvalue weighted by molar-refractivity contribution is -0.140. The van der Waals surface area contributed by atoms with E-state index in [1.807, 2.05) is 20.8 Å². The number of nitrogens with one attached hydrogen (secondary N) is 1. The molecule has 3 rings (SSSR count). The first-order valence-electron chi connectivity index (χ1n) is 13.3. The Morgan fingerprint density at radius 2 is 1.56 bits per heavy atom. The van der Waals surface area contributed by atoms with Crippen molar-refractivity contribution in [1.82, 2.24) is 10.2 Å². The second-order valence-corrected chi connectivity index (χ2v) is 13.4. The molecule has 0 radical (unpaired) electrons. The average molecular weight is 683 g/mol. The fraction of sp³-hybridized carbons (Fsp3) is 0.333. The molecule has 0 aromatic heterocycles. The molecule has 0 bridgehead atoms. The Labute approximate surface area is 261 Å². The Bertz CT molecular complexity index is 1470. The number of anilines is 1. The molecular weight excluding hydrogens is 649 g/mol. The number of amides is 2. The summed E-state index contributed by atoms with van der Waals surface area (Å²) in [6, 6.07) is 17.1. The predicted octanol–water partition coefficient (Wildman–Crippen LogP) is 6.98. The third-order valence-electron chi connectivity index (χ3n) is 6.76. The highest BCUT2D eigenvalue weighted by atomic mass is 79.9. The van der Waals surface area contributed by atoms with Gasteiger partial charge in [0.05, 0.1) is 10.6 Å². The summed E-state index contributed by atoms with van der Waals surface area (Å²) >= 11 is 16.3. The molecule has 2 atom stereocenters. The molecule has 0 aliphatic heterocycles. The highest BCUT2D eigenvalue weighted by molar-refractivity contribution is 9.10. The van der Waals surface area contributed by atoms with Crippen molar-refractivity contribution >= 4 is 66.7 Å². The molecule has 3 aromatic rings. The number of hydrogen-bond donors (Lipinski definition) is 1. The minimum absolute atomic E-state index is 0.0399. The fourth-order valence-electron chi connectivity index (χ4n) is 4.21. The number of rotatable bonds is 12. The van der Waals surface area contributed by atoms with Crippen molar-refractivity contribution in [3.8, 4) is 0 Å². The predicted molar refractivity (Wildman–Crippen MR) is 169 cm³/mol. The summed E-state index contributed by atoms with van der Waals surface area (Å²) in [7, 11) is -4.17. The highest BCUT2D eigenvalue weighted by Crippen LogP contribution is 2.29. The van der Waals surface area contributed by atoms with Crippen LogP contribution in [0.25, 0.3) is 0 Å². The minimum Gasteiger partial charge on any atom is -0.352 e. The van der Waals surface area contributed by atoms with Crippen LogP contribution in [0.2, 0.25) is 10.0 Å². The normalized spacial score (nSPS) is 12.9. The third kappa shape index (κ3) is 8.25. The van der Waals surface area contributed by atoms with Gasteiger partial charge in [0.1, 0.15) is 12.6 Å². The molecule has 0 fully saturated rings. The van der Waals surface area contributed by atoms with Crippen LogP contribution in [0.4, 0.5) is 5.69 Å². The lowest BCUT2D eigenvalue weighted by atomic mass is 10.1. The van der Waals surface area contributed by atoms with Crippen LogP contribution >= 0.6 is 39.1 Å². The van der Waals surface area contributed by atoms with Gasteiger partial charge in [-0.15, -0.1) is 0 Å². The number of halogens is 3. The average Bonchev–Trinajstić information content (AvgIpc) is 2.93. The number of hydrogen-bond acceptors (Lipinski definition) is 4. The summed E-state index contributed by atoms with van der Waals surface area (Å²) in [6.07, 6.45) is 0.996. The molecule has 1 N–H and O–H groups in total. The number of benzene rings is 3. The first kappa shape index (κ1) is 32.9. The monoisotopic (exact) mass is 681 g/mol. The third-order valence-corrected chi connectivity index (χ3v) is 9.75. The Morgan fingerprint density at radius 1 is 0.951 bits per heavy atom. The minimum atomic E-state index is -4.17. The maximum absolute atomic E-state index is 14.2. The maximum Gasteiger partial charge on any atom is 0.264 e. The van der Waals surface area contributed by atoms with Crippen LogP contribution in [0.5, 0.6) is 0 Å². The van der Waals surface area contributed by atoms with E-state index in [9.17, 15) is 18.0 Å². The van der Waals surface area contributed by atoms with Crippen LogP contribution in [-0.2, 0) is 26.2 Å². The number of nitrogens with zero attached hydrogens (tertiary/aromatic N) is 2. The zero-order valence-electron chi connectivity index (χ0n) is 23.4. The van der Waals surface area contributed by atoms with E-state index in [1.165, 1.54) is 17.0 Å². The van der Waals surface area contributed by atoms with Gasteiger partial charge in [-0.25, -0.2) is 8.42 Å². The van der Waals surface area contributed by atoms with Crippen LogP contribution < -0.4 is 9.62 Å². The smallest absolute Gasteiger partial charge is 0.264 e. The van der Waals surface area contributed by atoms with Gasteiger partial charge in [-0.1, -0.05) is 82.8 Å². The van der Waals surface area contributed by atoms with Crippen molar-refractivity contribution in [1.29, 1.82) is 0 Å². The number of carbonyl (C=O) groups excluding carboxylic acids is 2. The fourth-order valence-corrected chi connectivity index (χ4v) is 6.52. The van der Waals surface area contributed by atoms with Gasteiger partial charge >= 0.3 is 0 Å². The summed E-state index contributed by atoms with van der Waals surface area (Å²) in [6.45, 7) is 6.85. The van der Waals surface area contributed by atoms with Crippen LogP contribution in [-0.4, -0.2) is 43.8 Å². The van der Waals surface area contributed by atoms with Crippen LogP contribution in [0.15, 0.2) is 76.1 Å². The second-order valence-electron chi connectivity index (χ2n) is 9.77. The molecule has 0 unspecified atom stereocenters. The molecule has 0 heterocycles. The molecule has 41 heavy (non-hydrogen) atoms. The maximum atomic E-state index is 14.2. The topological polar surface area (TPSA) is 86.8 Å². The SMILES string of the molecule is CC[C@@H](C)NC(=O)[C@@H](CC)N(Cc1c(Cl)cccc1Cl)C(=O)CN(c1cccc(Br)c1)S(=O)(=O)c1ccc(C)cc1. The van der Waals surface area contributed by atoms with Crippen molar-refractivity contribution in [2.75, 3.05) is 10.8 Å². The molecule has 3 aromatic carbocycles. The molecule has 0 saturated carbocycles. The Balaban J connectivity index is 2.10. The molecule has 0 saturated heterocycles. The van der Waals surface area contributed by atoms with Gasteiger partial charge in [0.2, 0.25) is 11.8 Å². The van der Waals surface area contributed by atoms with Crippen molar-refractivity contribution in [2.24, 2.45) is 0 Å². The number of carbonyl (C=O) groups is 2. The van der Waals surface area contributed by atoms with E-state index in [2.05, 4.69) is 21.2 Å². The summed E-state index contributed by atoms with van der Waals surface area (Å²) < 4.78 is 29.6. The van der Waals surface area contributed by atoms with E-state index >= 15 is 0 Å². The standard InChI is InChI=1S/C30H34BrCl2N3O4S/c1-5-21(4)34-30(38)28(6-2)35(18-25-26(32)11-8-12-27(25)33)29(37)19-36(23-10-7-9-22(31)17-23)41(39,40)24-15-13-20(3)14-16-24/h7-17,21,28H,5-6,18-19H2,1-4H3,(H,34,38)/t21-,28-/m1/s1. The van der Waals surface area contributed by atoms with E-state index in [0.717, 1.165) is 9.87 Å². The van der Waals surface area contributed by atoms with Crippen LogP contribution in [0.3, 0.4) is 0 Å². The summed E-state index contributed by atoms with van der Waals surface area (Å²) in [5, 5.41) is 3.62. The first-order chi connectivity index (χ1) is 19.4. The molecular formula is C30H34BrCl2N3O4S. The molecule has 7 nitrogen and oxygen atoms in total. The van der Waals surface area contributed by atoms with Crippen LogP contribution in [0, 0.1) is 6.92 Å². The van der Waals surface area contributed by atoms with Gasteiger partial charge in [-0.05, 0) is 69.2 Å². The molecule has 0 spiro atoms. The highest BCUT2D eigenvalue weighted by Gasteiger charge is 2.34. The Hall–Kier alpha value is -2.59. The summed E-state index contributed by atoms with van der Waals surface area (Å²) in [4.78, 5) is 29.0. The van der Waals surface area contributed by atoms with Crippen LogP contribution in [0.1, 0.15) is 44.7 Å². The molecule has 11 heteroatoms. The van der Waals surface area contributed by atoms with Gasteiger partial charge in [0.25, 0.3) is 10.0 Å². The zero-order chi connectivity index (χ0) is 30.3. The Kier molecular flexibility index (Phi) is 11.7.